The number of nitrogens with one attached hydrogen (secondary N) is 1. The maximum Gasteiger partial charge on any atom is 0.264 e. The fraction of sp³-hybridized carbons (Fsp3) is 0.286. The van der Waals surface area contributed by atoms with E-state index in [0.29, 0.717) is 10.6 Å². The number of halogens is 1. The highest BCUT2D eigenvalue weighted by Gasteiger charge is 2.18. The summed E-state index contributed by atoms with van der Waals surface area (Å²) in [6, 6.07) is 6.77. The highest BCUT2D eigenvalue weighted by atomic mass is 79.9. The van der Waals surface area contributed by atoms with Crippen molar-refractivity contribution < 1.29 is 19.1 Å². The second-order valence-electron chi connectivity index (χ2n) is 4.60. The molecule has 0 fully saturated rings. The van der Waals surface area contributed by atoms with Gasteiger partial charge in [0.1, 0.15) is 11.9 Å². The van der Waals surface area contributed by atoms with Gasteiger partial charge in [-0.25, -0.2) is 0 Å². The summed E-state index contributed by atoms with van der Waals surface area (Å²) in [5.74, 6) is -0.192. The zero-order valence-corrected chi connectivity index (χ0v) is 14.2. The van der Waals surface area contributed by atoms with E-state index >= 15 is 0 Å². The van der Waals surface area contributed by atoms with E-state index in [9.17, 15) is 14.7 Å². The Morgan fingerprint density at radius 3 is 2.82 bits per heavy atom. The number of hydrogen-bond donors (Lipinski definition) is 2. The smallest absolute Gasteiger partial charge is 0.264 e. The molecule has 1 unspecified atom stereocenters. The third kappa shape index (κ3) is 4.43. The number of aliphatic hydroxyl groups excluding tert-OH is 1. The Kier molecular flexibility index (Phi) is 5.76. The van der Waals surface area contributed by atoms with Crippen molar-refractivity contribution >= 4 is 39.1 Å². The van der Waals surface area contributed by atoms with Crippen molar-refractivity contribution in [1.29, 1.82) is 0 Å². The first-order valence-corrected chi connectivity index (χ1v) is 8.07. The van der Waals surface area contributed by atoms with Gasteiger partial charge >= 0.3 is 0 Å². The first-order valence-electron chi connectivity index (χ1n) is 6.46. The van der Waals surface area contributed by atoms with Crippen LogP contribution in [-0.4, -0.2) is 42.0 Å². The fourth-order valence-electron chi connectivity index (χ4n) is 1.75. The van der Waals surface area contributed by atoms with Crippen LogP contribution in [0.4, 0.5) is 0 Å². The predicted molar refractivity (Wildman–Crippen MR) is 85.7 cm³/mol. The first-order chi connectivity index (χ1) is 10.5. The number of thiophene rings is 1. The van der Waals surface area contributed by atoms with Gasteiger partial charge in [-0.1, -0.05) is 0 Å². The van der Waals surface area contributed by atoms with Gasteiger partial charge in [0.25, 0.3) is 5.91 Å². The van der Waals surface area contributed by atoms with Crippen LogP contribution in [0.1, 0.15) is 21.5 Å². The number of likely N-dealkylation sites (N-methyl/N-ethyl adjacent to an activating group) is 1. The molecule has 0 aromatic carbocycles. The Morgan fingerprint density at radius 1 is 1.45 bits per heavy atom. The van der Waals surface area contributed by atoms with Crippen LogP contribution < -0.4 is 5.32 Å². The summed E-state index contributed by atoms with van der Waals surface area (Å²) in [6.07, 6.45) is 0.541. The van der Waals surface area contributed by atoms with Gasteiger partial charge in [0.2, 0.25) is 5.91 Å². The predicted octanol–water partition coefficient (Wildman–Crippen LogP) is 2.03. The zero-order chi connectivity index (χ0) is 16.1. The molecule has 0 aliphatic carbocycles. The van der Waals surface area contributed by atoms with E-state index in [4.69, 9.17) is 4.42 Å². The molecule has 0 radical (unpaired) electrons. The monoisotopic (exact) mass is 386 g/mol. The lowest BCUT2D eigenvalue weighted by atomic mass is 10.2. The summed E-state index contributed by atoms with van der Waals surface area (Å²) in [4.78, 5) is 25.8. The Morgan fingerprint density at radius 2 is 2.23 bits per heavy atom. The van der Waals surface area contributed by atoms with Crippen molar-refractivity contribution in [3.8, 4) is 0 Å². The normalized spacial score (nSPS) is 12.0. The number of furan rings is 1. The van der Waals surface area contributed by atoms with Crippen molar-refractivity contribution in [3.05, 3.63) is 45.0 Å². The van der Waals surface area contributed by atoms with E-state index < -0.39 is 6.10 Å². The van der Waals surface area contributed by atoms with Gasteiger partial charge in [0.15, 0.2) is 0 Å². The molecule has 1 atom stereocenters. The summed E-state index contributed by atoms with van der Waals surface area (Å²) in [5.41, 5.74) is 0. The maximum atomic E-state index is 12.1. The maximum absolute atomic E-state index is 12.1. The highest BCUT2D eigenvalue weighted by Crippen LogP contribution is 2.22. The summed E-state index contributed by atoms with van der Waals surface area (Å²) in [6.45, 7) is -0.0574. The lowest BCUT2D eigenvalue weighted by molar-refractivity contribution is -0.122. The molecule has 2 N–H and O–H groups in total. The third-order valence-electron chi connectivity index (χ3n) is 2.88. The number of nitrogens with zero attached hydrogens (tertiary/aromatic N) is 1. The van der Waals surface area contributed by atoms with Gasteiger partial charge in [-0.15, -0.1) is 11.3 Å². The molecule has 2 heterocycles. The minimum absolute atomic E-state index is 0.0267. The van der Waals surface area contributed by atoms with Gasteiger partial charge in [-0.3, -0.25) is 9.59 Å². The van der Waals surface area contributed by atoms with E-state index in [1.165, 1.54) is 22.5 Å². The van der Waals surface area contributed by atoms with Crippen LogP contribution in [0.25, 0.3) is 0 Å². The summed E-state index contributed by atoms with van der Waals surface area (Å²) in [5, 5.41) is 12.4. The SMILES string of the molecule is CN(CC(=O)NCC(O)c1ccco1)C(=O)c1ccc(Br)s1. The van der Waals surface area contributed by atoms with E-state index in [1.54, 1.807) is 31.3 Å². The molecule has 2 amide bonds. The number of carbonyl (C=O) groups is 2. The lowest BCUT2D eigenvalue weighted by Crippen LogP contribution is -2.39. The molecule has 0 spiro atoms. The topological polar surface area (TPSA) is 82.8 Å². The minimum atomic E-state index is -0.909. The third-order valence-corrected chi connectivity index (χ3v) is 4.49. The molecule has 2 rings (SSSR count). The summed E-state index contributed by atoms with van der Waals surface area (Å²) >= 11 is 4.60. The van der Waals surface area contributed by atoms with Crippen LogP contribution in [-0.2, 0) is 4.79 Å². The van der Waals surface area contributed by atoms with Gasteiger partial charge in [-0.05, 0) is 40.2 Å². The second kappa shape index (κ2) is 7.57. The number of hydrogen-bond acceptors (Lipinski definition) is 5. The van der Waals surface area contributed by atoms with Crippen molar-refractivity contribution in [2.45, 2.75) is 6.10 Å². The quantitative estimate of drug-likeness (QED) is 0.795. The largest absolute Gasteiger partial charge is 0.467 e. The molecule has 6 nitrogen and oxygen atoms in total. The molecule has 22 heavy (non-hydrogen) atoms. The molecule has 0 saturated heterocycles. The van der Waals surface area contributed by atoms with Gasteiger partial charge < -0.3 is 19.7 Å². The molecular formula is C14H15BrN2O4S. The number of aliphatic hydroxyl groups is 1. The van der Waals surface area contributed by atoms with Gasteiger partial charge in [-0.2, -0.15) is 0 Å². The standard InChI is InChI=1S/C14H15BrN2O4S/c1-17(14(20)11-4-5-12(15)22-11)8-13(19)16-7-9(18)10-3-2-6-21-10/h2-6,9,18H,7-8H2,1H3,(H,16,19). The molecule has 2 aromatic rings. The van der Waals surface area contributed by atoms with E-state index in [1.807, 2.05) is 0 Å². The molecule has 0 aliphatic heterocycles. The Bertz CT molecular complexity index is 641. The number of carbonyl (C=O) groups excluding carboxylic acids is 2. The summed E-state index contributed by atoms with van der Waals surface area (Å²) in [7, 11) is 1.55. The first kappa shape index (κ1) is 16.7. The van der Waals surface area contributed by atoms with Crippen LogP contribution in [0.15, 0.2) is 38.7 Å². The number of rotatable bonds is 6. The van der Waals surface area contributed by atoms with Crippen molar-refractivity contribution in [2.75, 3.05) is 20.1 Å². The Hall–Kier alpha value is -1.64. The van der Waals surface area contributed by atoms with Crippen LogP contribution in [0.3, 0.4) is 0 Å². The molecule has 0 bridgehead atoms. The van der Waals surface area contributed by atoms with Crippen molar-refractivity contribution in [2.24, 2.45) is 0 Å². The lowest BCUT2D eigenvalue weighted by Gasteiger charge is -2.16. The molecular weight excluding hydrogens is 372 g/mol. The zero-order valence-electron chi connectivity index (χ0n) is 11.8. The average molecular weight is 387 g/mol. The van der Waals surface area contributed by atoms with Crippen molar-refractivity contribution in [3.63, 3.8) is 0 Å². The highest BCUT2D eigenvalue weighted by molar-refractivity contribution is 9.11. The van der Waals surface area contributed by atoms with Crippen LogP contribution >= 0.6 is 27.3 Å². The molecule has 2 aromatic heterocycles. The summed E-state index contributed by atoms with van der Waals surface area (Å²) < 4.78 is 5.89. The van der Waals surface area contributed by atoms with E-state index in [2.05, 4.69) is 21.2 Å². The second-order valence-corrected chi connectivity index (χ2v) is 7.06. The molecule has 118 valence electrons. The van der Waals surface area contributed by atoms with Crippen LogP contribution in [0, 0.1) is 0 Å². The minimum Gasteiger partial charge on any atom is -0.467 e. The average Bonchev–Trinajstić information content (AvgIpc) is 3.15. The van der Waals surface area contributed by atoms with E-state index in [0.717, 1.165) is 3.79 Å². The van der Waals surface area contributed by atoms with Crippen LogP contribution in [0.5, 0.6) is 0 Å². The molecule has 0 saturated carbocycles. The van der Waals surface area contributed by atoms with Gasteiger partial charge in [0.05, 0.1) is 28.0 Å². The fourth-order valence-corrected chi connectivity index (χ4v) is 3.13. The Labute approximate surface area is 139 Å². The van der Waals surface area contributed by atoms with Crippen LogP contribution in [0.2, 0.25) is 0 Å². The Balaban J connectivity index is 1.80. The van der Waals surface area contributed by atoms with E-state index in [-0.39, 0.29) is 24.9 Å². The molecule has 8 heteroatoms. The van der Waals surface area contributed by atoms with Gasteiger partial charge in [0, 0.05) is 7.05 Å². The van der Waals surface area contributed by atoms with Crippen molar-refractivity contribution in [1.82, 2.24) is 10.2 Å². The molecule has 0 aliphatic rings. The number of amides is 2.